The van der Waals surface area contributed by atoms with Crippen molar-refractivity contribution in [3.63, 3.8) is 0 Å². The molecule has 0 radical (unpaired) electrons. The number of benzene rings is 1. The Bertz CT molecular complexity index is 513. The summed E-state index contributed by atoms with van der Waals surface area (Å²) in [5, 5.41) is 8.68. The van der Waals surface area contributed by atoms with Gasteiger partial charge in [0.15, 0.2) is 0 Å². The minimum atomic E-state index is -0.376. The Morgan fingerprint density at radius 3 is 2.91 bits per heavy atom. The zero-order valence-electron chi connectivity index (χ0n) is 12.9. The Kier molecular flexibility index (Phi) is 6.36. The molecule has 2 amide bonds. The highest BCUT2D eigenvalue weighted by Gasteiger charge is 2.23. The lowest BCUT2D eigenvalue weighted by molar-refractivity contribution is -0.124. The smallest absolute Gasteiger partial charge is 0.253 e. The monoisotopic (exact) mass is 305 g/mol. The summed E-state index contributed by atoms with van der Waals surface area (Å²) < 4.78 is 5.34. The summed E-state index contributed by atoms with van der Waals surface area (Å²) in [6.45, 7) is 2.11. The van der Waals surface area contributed by atoms with Crippen LogP contribution in [0.5, 0.6) is 0 Å². The molecular formula is C16H23N3O3. The topological polar surface area (TPSA) is 79.5 Å². The molecule has 0 spiro atoms. The van der Waals surface area contributed by atoms with E-state index in [0.717, 1.165) is 25.8 Å². The van der Waals surface area contributed by atoms with Crippen LogP contribution in [0.25, 0.3) is 0 Å². The Hall–Kier alpha value is -1.92. The molecule has 1 saturated heterocycles. The van der Waals surface area contributed by atoms with Gasteiger partial charge in [0.25, 0.3) is 11.8 Å². The summed E-state index contributed by atoms with van der Waals surface area (Å²) in [5.41, 5.74) is 1.15. The molecule has 6 heteroatoms. The van der Waals surface area contributed by atoms with Crippen LogP contribution in [0.1, 0.15) is 29.6 Å². The molecule has 1 aliphatic heterocycles. The molecule has 6 nitrogen and oxygen atoms in total. The molecule has 2 rings (SSSR count). The summed E-state index contributed by atoms with van der Waals surface area (Å²) >= 11 is 0. The van der Waals surface area contributed by atoms with Gasteiger partial charge in [0.05, 0.1) is 0 Å². The summed E-state index contributed by atoms with van der Waals surface area (Å²) in [7, 11) is 1.88. The third-order valence-electron chi connectivity index (χ3n) is 3.50. The van der Waals surface area contributed by atoms with Gasteiger partial charge in [-0.2, -0.15) is 0 Å². The predicted molar refractivity (Wildman–Crippen MR) is 84.9 cm³/mol. The average Bonchev–Trinajstić information content (AvgIpc) is 3.06. The number of nitrogens with one attached hydrogen (secondary N) is 3. The van der Waals surface area contributed by atoms with Crippen LogP contribution in [0.15, 0.2) is 24.3 Å². The normalized spacial score (nSPS) is 17.2. The van der Waals surface area contributed by atoms with Crippen molar-refractivity contribution in [1.29, 1.82) is 0 Å². The van der Waals surface area contributed by atoms with Crippen LogP contribution in [-0.4, -0.2) is 44.7 Å². The van der Waals surface area contributed by atoms with Crippen molar-refractivity contribution in [3.8, 4) is 0 Å². The lowest BCUT2D eigenvalue weighted by atomic mass is 10.1. The van der Waals surface area contributed by atoms with Gasteiger partial charge >= 0.3 is 0 Å². The summed E-state index contributed by atoms with van der Waals surface area (Å²) in [6.07, 6.45) is 2.15. The van der Waals surface area contributed by atoms with Crippen molar-refractivity contribution in [2.75, 3.05) is 32.1 Å². The molecule has 3 N–H and O–H groups in total. The fourth-order valence-corrected chi connectivity index (χ4v) is 2.31. The van der Waals surface area contributed by atoms with E-state index in [-0.39, 0.29) is 17.9 Å². The van der Waals surface area contributed by atoms with E-state index in [9.17, 15) is 9.59 Å². The number of carbonyl (C=O) groups excluding carboxylic acids is 2. The molecule has 1 unspecified atom stereocenters. The van der Waals surface area contributed by atoms with Gasteiger partial charge in [-0.05, 0) is 51.1 Å². The van der Waals surface area contributed by atoms with Crippen LogP contribution < -0.4 is 16.0 Å². The lowest BCUT2D eigenvalue weighted by Crippen LogP contribution is -2.28. The number of amides is 2. The molecule has 120 valence electrons. The van der Waals surface area contributed by atoms with E-state index in [1.54, 1.807) is 24.3 Å². The van der Waals surface area contributed by atoms with Gasteiger partial charge < -0.3 is 20.7 Å². The van der Waals surface area contributed by atoms with Gasteiger partial charge in [0.1, 0.15) is 6.10 Å². The second-order valence-corrected chi connectivity index (χ2v) is 5.28. The fourth-order valence-electron chi connectivity index (χ4n) is 2.31. The molecular weight excluding hydrogens is 282 g/mol. The SMILES string of the molecule is CNCCCNC(=O)c1cccc(NC(=O)C2CCCO2)c1. The molecule has 0 aliphatic carbocycles. The van der Waals surface area contributed by atoms with E-state index in [2.05, 4.69) is 16.0 Å². The number of anilines is 1. The quantitative estimate of drug-likeness (QED) is 0.660. The first-order valence-corrected chi connectivity index (χ1v) is 7.66. The first-order chi connectivity index (χ1) is 10.7. The van der Waals surface area contributed by atoms with Crippen LogP contribution in [-0.2, 0) is 9.53 Å². The van der Waals surface area contributed by atoms with Crippen molar-refractivity contribution in [2.45, 2.75) is 25.4 Å². The maximum atomic E-state index is 12.0. The van der Waals surface area contributed by atoms with E-state index in [1.807, 2.05) is 7.05 Å². The lowest BCUT2D eigenvalue weighted by Gasteiger charge is -2.11. The van der Waals surface area contributed by atoms with Crippen molar-refractivity contribution >= 4 is 17.5 Å². The summed E-state index contributed by atoms with van der Waals surface area (Å²) in [5.74, 6) is -0.284. The van der Waals surface area contributed by atoms with Crippen molar-refractivity contribution in [2.24, 2.45) is 0 Å². The first kappa shape index (κ1) is 16.5. The van der Waals surface area contributed by atoms with Gasteiger partial charge in [0, 0.05) is 24.4 Å². The van der Waals surface area contributed by atoms with Crippen molar-refractivity contribution in [1.82, 2.24) is 10.6 Å². The molecule has 1 aromatic carbocycles. The number of carbonyl (C=O) groups is 2. The Balaban J connectivity index is 1.88. The van der Waals surface area contributed by atoms with Crippen LogP contribution in [0, 0.1) is 0 Å². The fraction of sp³-hybridized carbons (Fsp3) is 0.500. The van der Waals surface area contributed by atoms with Gasteiger partial charge in [-0.1, -0.05) is 6.07 Å². The molecule has 0 aromatic heterocycles. The Labute approximate surface area is 130 Å². The van der Waals surface area contributed by atoms with Crippen LogP contribution >= 0.6 is 0 Å². The third-order valence-corrected chi connectivity index (χ3v) is 3.50. The number of rotatable bonds is 7. The third kappa shape index (κ3) is 4.82. The second-order valence-electron chi connectivity index (χ2n) is 5.28. The maximum absolute atomic E-state index is 12.0. The van der Waals surface area contributed by atoms with Crippen LogP contribution in [0.4, 0.5) is 5.69 Å². The van der Waals surface area contributed by atoms with Crippen LogP contribution in [0.2, 0.25) is 0 Å². The number of ether oxygens (including phenoxy) is 1. The zero-order valence-corrected chi connectivity index (χ0v) is 12.9. The maximum Gasteiger partial charge on any atom is 0.253 e. The summed E-state index contributed by atoms with van der Waals surface area (Å²) in [4.78, 5) is 24.0. The highest BCUT2D eigenvalue weighted by molar-refractivity contribution is 5.98. The highest BCUT2D eigenvalue weighted by Crippen LogP contribution is 2.16. The van der Waals surface area contributed by atoms with Gasteiger partial charge in [-0.15, -0.1) is 0 Å². The zero-order chi connectivity index (χ0) is 15.8. The predicted octanol–water partition coefficient (Wildman–Crippen LogP) is 1.14. The van der Waals surface area contributed by atoms with E-state index in [4.69, 9.17) is 4.74 Å². The Morgan fingerprint density at radius 2 is 2.18 bits per heavy atom. The average molecular weight is 305 g/mol. The molecule has 1 aromatic rings. The standard InChI is InChI=1S/C16H23N3O3/c1-17-8-4-9-18-15(20)12-5-2-6-13(11-12)19-16(21)14-7-3-10-22-14/h2,5-6,11,14,17H,3-4,7-10H2,1H3,(H,18,20)(H,19,21). The molecule has 1 aliphatic rings. The minimum absolute atomic E-state index is 0.135. The van der Waals surface area contributed by atoms with E-state index >= 15 is 0 Å². The molecule has 22 heavy (non-hydrogen) atoms. The Morgan fingerprint density at radius 1 is 1.32 bits per heavy atom. The molecule has 1 atom stereocenters. The van der Waals surface area contributed by atoms with Gasteiger partial charge in [-0.25, -0.2) is 0 Å². The largest absolute Gasteiger partial charge is 0.368 e. The molecule has 0 saturated carbocycles. The summed E-state index contributed by atoms with van der Waals surface area (Å²) in [6, 6.07) is 6.94. The molecule has 1 fully saturated rings. The molecule has 1 heterocycles. The first-order valence-electron chi connectivity index (χ1n) is 7.66. The van der Waals surface area contributed by atoms with Gasteiger partial charge in [-0.3, -0.25) is 9.59 Å². The van der Waals surface area contributed by atoms with Crippen molar-refractivity contribution in [3.05, 3.63) is 29.8 Å². The van der Waals surface area contributed by atoms with E-state index in [1.165, 1.54) is 0 Å². The van der Waals surface area contributed by atoms with Crippen molar-refractivity contribution < 1.29 is 14.3 Å². The van der Waals surface area contributed by atoms with Gasteiger partial charge in [0.2, 0.25) is 0 Å². The number of hydrogen-bond donors (Lipinski definition) is 3. The van der Waals surface area contributed by atoms with Crippen LogP contribution in [0.3, 0.4) is 0 Å². The minimum Gasteiger partial charge on any atom is -0.368 e. The van der Waals surface area contributed by atoms with E-state index in [0.29, 0.717) is 24.4 Å². The highest BCUT2D eigenvalue weighted by atomic mass is 16.5. The molecule has 0 bridgehead atoms. The number of hydrogen-bond acceptors (Lipinski definition) is 4. The second kappa shape index (κ2) is 8.51. The van der Waals surface area contributed by atoms with E-state index < -0.39 is 0 Å².